The molecule has 0 bridgehead atoms. The first-order valence-electron chi connectivity index (χ1n) is 6.73. The molecule has 3 rings (SSSR count). The van der Waals surface area contributed by atoms with Crippen LogP contribution in [0.1, 0.15) is 0 Å². The van der Waals surface area contributed by atoms with Gasteiger partial charge in [-0.15, -0.1) is 0 Å². The lowest BCUT2D eigenvalue weighted by atomic mass is 10.3. The van der Waals surface area contributed by atoms with Gasteiger partial charge in [-0.25, -0.2) is 0 Å². The van der Waals surface area contributed by atoms with Crippen molar-refractivity contribution >= 4 is 23.2 Å². The Labute approximate surface area is 122 Å². The summed E-state index contributed by atoms with van der Waals surface area (Å²) in [7, 11) is 2.16. The summed E-state index contributed by atoms with van der Waals surface area (Å²) >= 11 is 5.98. The lowest BCUT2D eigenvalue weighted by Crippen LogP contribution is -2.45. The van der Waals surface area contributed by atoms with Crippen molar-refractivity contribution in [2.45, 2.75) is 0 Å². The maximum atomic E-state index is 5.98. The van der Waals surface area contributed by atoms with E-state index < -0.39 is 0 Å². The van der Waals surface area contributed by atoms with E-state index in [2.05, 4.69) is 37.2 Å². The molecule has 0 unspecified atom stereocenters. The van der Waals surface area contributed by atoms with Crippen LogP contribution in [0, 0.1) is 0 Å². The van der Waals surface area contributed by atoms with Gasteiger partial charge in [0.15, 0.2) is 0 Å². The van der Waals surface area contributed by atoms with E-state index in [0.717, 1.165) is 45.1 Å². The van der Waals surface area contributed by atoms with E-state index >= 15 is 0 Å². The molecular formula is C12H18ClN7. The monoisotopic (exact) mass is 295 g/mol. The number of nitrogens with one attached hydrogen (secondary N) is 1. The van der Waals surface area contributed by atoms with E-state index in [4.69, 9.17) is 11.6 Å². The minimum Gasteiger partial charge on any atom is -0.369 e. The highest BCUT2D eigenvalue weighted by Gasteiger charge is 2.13. The zero-order valence-corrected chi connectivity index (χ0v) is 12.2. The van der Waals surface area contributed by atoms with Crippen LogP contribution in [-0.4, -0.2) is 75.7 Å². The number of anilines is 1. The molecule has 0 atom stereocenters. The smallest absolute Gasteiger partial charge is 0.255 e. The molecule has 0 aliphatic carbocycles. The molecular weight excluding hydrogens is 278 g/mol. The lowest BCUT2D eigenvalue weighted by Gasteiger charge is -2.32. The van der Waals surface area contributed by atoms with Gasteiger partial charge in [-0.3, -0.25) is 4.90 Å². The van der Waals surface area contributed by atoms with Crippen molar-refractivity contribution in [3.63, 3.8) is 0 Å². The van der Waals surface area contributed by atoms with Gasteiger partial charge in [-0.05, 0) is 7.05 Å². The average molecular weight is 296 g/mol. The predicted molar refractivity (Wildman–Crippen MR) is 78.2 cm³/mol. The van der Waals surface area contributed by atoms with Gasteiger partial charge >= 0.3 is 0 Å². The van der Waals surface area contributed by atoms with Gasteiger partial charge in [0.1, 0.15) is 17.3 Å². The normalized spacial score (nSPS) is 17.7. The van der Waals surface area contributed by atoms with Crippen molar-refractivity contribution < 1.29 is 0 Å². The van der Waals surface area contributed by atoms with E-state index in [1.807, 2.05) is 0 Å². The zero-order chi connectivity index (χ0) is 13.9. The van der Waals surface area contributed by atoms with E-state index in [0.29, 0.717) is 10.9 Å². The minimum absolute atomic E-state index is 0.424. The third kappa shape index (κ3) is 3.00. The van der Waals surface area contributed by atoms with Gasteiger partial charge in [0.2, 0.25) is 0 Å². The van der Waals surface area contributed by atoms with Crippen LogP contribution < -0.4 is 5.32 Å². The Balaban J connectivity index is 1.58. The SMILES string of the molecule is CN1CCN(CCNc2cc(Cl)nc3ncnn23)CC1. The van der Waals surface area contributed by atoms with Crippen LogP contribution in [0.15, 0.2) is 12.4 Å². The summed E-state index contributed by atoms with van der Waals surface area (Å²) in [5.41, 5.74) is 0. The second-order valence-electron chi connectivity index (χ2n) is 5.01. The maximum absolute atomic E-state index is 5.98. The summed E-state index contributed by atoms with van der Waals surface area (Å²) in [6.07, 6.45) is 1.48. The molecule has 20 heavy (non-hydrogen) atoms. The van der Waals surface area contributed by atoms with Crippen molar-refractivity contribution in [1.29, 1.82) is 0 Å². The summed E-state index contributed by atoms with van der Waals surface area (Å²) in [6, 6.07) is 1.77. The Morgan fingerprint density at radius 1 is 1.30 bits per heavy atom. The predicted octanol–water partition coefficient (Wildman–Crippen LogP) is 0.437. The highest BCUT2D eigenvalue weighted by Crippen LogP contribution is 2.14. The molecule has 3 heterocycles. The molecule has 108 valence electrons. The fourth-order valence-corrected chi connectivity index (χ4v) is 2.50. The topological polar surface area (TPSA) is 61.6 Å². The first-order valence-corrected chi connectivity index (χ1v) is 7.11. The fraction of sp³-hybridized carbons (Fsp3) is 0.583. The number of fused-ring (bicyclic) bond motifs is 1. The molecule has 1 fully saturated rings. The van der Waals surface area contributed by atoms with Gasteiger partial charge < -0.3 is 10.2 Å². The highest BCUT2D eigenvalue weighted by molar-refractivity contribution is 6.29. The Bertz CT molecular complexity index is 576. The number of piperazine rings is 1. The number of halogens is 1. The van der Waals surface area contributed by atoms with Crippen molar-refractivity contribution in [3.8, 4) is 0 Å². The fourth-order valence-electron chi connectivity index (χ4n) is 2.32. The first-order chi connectivity index (χ1) is 9.72. The Kier molecular flexibility index (Phi) is 4.00. The number of nitrogens with zero attached hydrogens (tertiary/aromatic N) is 6. The van der Waals surface area contributed by atoms with Crippen LogP contribution in [0.2, 0.25) is 5.15 Å². The molecule has 1 aliphatic heterocycles. The van der Waals surface area contributed by atoms with Crippen LogP contribution in [-0.2, 0) is 0 Å². The van der Waals surface area contributed by atoms with Crippen LogP contribution in [0.3, 0.4) is 0 Å². The minimum atomic E-state index is 0.424. The number of rotatable bonds is 4. The molecule has 0 saturated carbocycles. The van der Waals surface area contributed by atoms with E-state index in [9.17, 15) is 0 Å². The summed E-state index contributed by atoms with van der Waals surface area (Å²) in [5, 5.41) is 7.91. The molecule has 0 radical (unpaired) electrons. The number of aromatic nitrogens is 4. The molecule has 2 aromatic rings. The largest absolute Gasteiger partial charge is 0.369 e. The van der Waals surface area contributed by atoms with Crippen molar-refractivity contribution in [2.24, 2.45) is 0 Å². The summed E-state index contributed by atoms with van der Waals surface area (Å²) in [4.78, 5) is 13.0. The molecule has 1 aliphatic rings. The van der Waals surface area contributed by atoms with Crippen LogP contribution in [0.5, 0.6) is 0 Å². The Morgan fingerprint density at radius 2 is 2.10 bits per heavy atom. The molecule has 1 saturated heterocycles. The molecule has 7 nitrogen and oxygen atoms in total. The van der Waals surface area contributed by atoms with E-state index in [1.54, 1.807) is 10.6 Å². The third-order valence-electron chi connectivity index (χ3n) is 3.55. The van der Waals surface area contributed by atoms with Gasteiger partial charge in [-0.1, -0.05) is 11.6 Å². The Hall–Kier alpha value is -1.44. The molecule has 1 N–H and O–H groups in total. The number of hydrogen-bond acceptors (Lipinski definition) is 6. The van der Waals surface area contributed by atoms with E-state index in [-0.39, 0.29) is 0 Å². The molecule has 2 aromatic heterocycles. The third-order valence-corrected chi connectivity index (χ3v) is 3.74. The van der Waals surface area contributed by atoms with E-state index in [1.165, 1.54) is 6.33 Å². The number of hydrogen-bond donors (Lipinski definition) is 1. The molecule has 0 spiro atoms. The standard InChI is InChI=1S/C12H18ClN7/c1-18-4-6-19(7-5-18)3-2-14-11-8-10(13)17-12-15-9-16-20(11)12/h8-9,14H,2-7H2,1H3. The highest BCUT2D eigenvalue weighted by atomic mass is 35.5. The molecule has 0 aromatic carbocycles. The molecule has 0 amide bonds. The zero-order valence-electron chi connectivity index (χ0n) is 11.5. The van der Waals surface area contributed by atoms with Crippen LogP contribution in [0.4, 0.5) is 5.82 Å². The van der Waals surface area contributed by atoms with Gasteiger partial charge in [0.05, 0.1) is 0 Å². The summed E-state index contributed by atoms with van der Waals surface area (Å²) < 4.78 is 1.66. The van der Waals surface area contributed by atoms with Crippen LogP contribution in [0.25, 0.3) is 5.78 Å². The van der Waals surface area contributed by atoms with Crippen molar-refractivity contribution in [3.05, 3.63) is 17.5 Å². The summed E-state index contributed by atoms with van der Waals surface area (Å²) in [5.74, 6) is 1.34. The average Bonchev–Trinajstić information content (AvgIpc) is 2.89. The quantitative estimate of drug-likeness (QED) is 0.826. The van der Waals surface area contributed by atoms with Gasteiger partial charge in [-0.2, -0.15) is 19.6 Å². The Morgan fingerprint density at radius 3 is 2.90 bits per heavy atom. The van der Waals surface area contributed by atoms with Crippen molar-refractivity contribution in [1.82, 2.24) is 29.4 Å². The second-order valence-corrected chi connectivity index (χ2v) is 5.39. The summed E-state index contributed by atoms with van der Waals surface area (Å²) in [6.45, 7) is 6.35. The van der Waals surface area contributed by atoms with Gasteiger partial charge in [0, 0.05) is 45.3 Å². The lowest BCUT2D eigenvalue weighted by molar-refractivity contribution is 0.158. The first kappa shape index (κ1) is 13.5. The maximum Gasteiger partial charge on any atom is 0.255 e. The molecule has 8 heteroatoms. The second kappa shape index (κ2) is 5.90. The van der Waals surface area contributed by atoms with Crippen LogP contribution >= 0.6 is 11.6 Å². The number of likely N-dealkylation sites (N-methyl/N-ethyl adjacent to an activating group) is 1. The van der Waals surface area contributed by atoms with Gasteiger partial charge in [0.25, 0.3) is 5.78 Å². The van der Waals surface area contributed by atoms with Crippen molar-refractivity contribution in [2.75, 3.05) is 51.6 Å².